The Bertz CT molecular complexity index is 936. The van der Waals surface area contributed by atoms with Crippen LogP contribution in [0.1, 0.15) is 12.5 Å². The Morgan fingerprint density at radius 2 is 1.85 bits per heavy atom. The summed E-state index contributed by atoms with van der Waals surface area (Å²) in [6.45, 7) is 1.77. The van der Waals surface area contributed by atoms with Gasteiger partial charge in [0.2, 0.25) is 6.79 Å². The number of fused-ring (bicyclic) bond motifs is 2. The molecule has 1 amide bonds. The van der Waals surface area contributed by atoms with Crippen molar-refractivity contribution >= 4 is 23.6 Å². The van der Waals surface area contributed by atoms with Crippen molar-refractivity contribution in [2.45, 2.75) is 13.0 Å². The molecule has 7 nitrogen and oxygen atoms in total. The van der Waals surface area contributed by atoms with Crippen LogP contribution in [0, 0.1) is 0 Å². The minimum absolute atomic E-state index is 0.104. The standard InChI is InChI=1S/C20H17NO6/c1-12(19(22)21-15-6-7-17-18(9-15)26-11-25-17)27-20(23)14-8-13-4-2-3-5-16(13)24-10-14/h2-9,12H,10-11H2,1H3,(H,21,22)/t12-/m0/s1. The molecular formula is C20H17NO6. The second-order valence-electron chi connectivity index (χ2n) is 6.10. The molecule has 0 radical (unpaired) electrons. The molecule has 2 aliphatic rings. The van der Waals surface area contributed by atoms with Gasteiger partial charge in [-0.1, -0.05) is 18.2 Å². The molecule has 0 bridgehead atoms. The molecule has 0 saturated heterocycles. The number of anilines is 1. The van der Waals surface area contributed by atoms with Gasteiger partial charge in [-0.25, -0.2) is 4.79 Å². The maximum atomic E-state index is 12.3. The molecule has 0 saturated carbocycles. The van der Waals surface area contributed by atoms with Crippen molar-refractivity contribution in [3.63, 3.8) is 0 Å². The van der Waals surface area contributed by atoms with Crippen LogP contribution in [-0.2, 0) is 14.3 Å². The number of hydrogen-bond donors (Lipinski definition) is 1. The van der Waals surface area contributed by atoms with Crippen LogP contribution >= 0.6 is 0 Å². The van der Waals surface area contributed by atoms with E-state index in [0.717, 1.165) is 5.56 Å². The zero-order chi connectivity index (χ0) is 18.8. The highest BCUT2D eigenvalue weighted by Gasteiger charge is 2.24. The number of nitrogens with one attached hydrogen (secondary N) is 1. The molecule has 2 aliphatic heterocycles. The minimum atomic E-state index is -0.971. The summed E-state index contributed by atoms with van der Waals surface area (Å²) in [5.41, 5.74) is 1.69. The highest BCUT2D eigenvalue weighted by atomic mass is 16.7. The predicted molar refractivity (Wildman–Crippen MR) is 96.7 cm³/mol. The fourth-order valence-corrected chi connectivity index (χ4v) is 2.74. The smallest absolute Gasteiger partial charge is 0.338 e. The van der Waals surface area contributed by atoms with E-state index < -0.39 is 18.0 Å². The molecule has 0 spiro atoms. The lowest BCUT2D eigenvalue weighted by Gasteiger charge is -2.19. The fraction of sp³-hybridized carbons (Fsp3) is 0.200. The Morgan fingerprint density at radius 1 is 1.04 bits per heavy atom. The second-order valence-corrected chi connectivity index (χ2v) is 6.10. The molecule has 2 heterocycles. The molecule has 27 heavy (non-hydrogen) atoms. The first kappa shape index (κ1) is 17.0. The van der Waals surface area contributed by atoms with E-state index >= 15 is 0 Å². The van der Waals surface area contributed by atoms with E-state index in [1.807, 2.05) is 24.3 Å². The van der Waals surface area contributed by atoms with Crippen LogP contribution in [-0.4, -0.2) is 31.4 Å². The molecule has 2 aromatic carbocycles. The molecule has 7 heteroatoms. The average Bonchev–Trinajstić information content (AvgIpc) is 3.15. The van der Waals surface area contributed by atoms with Crippen molar-refractivity contribution in [3.05, 3.63) is 53.6 Å². The van der Waals surface area contributed by atoms with E-state index in [0.29, 0.717) is 28.5 Å². The molecule has 1 N–H and O–H groups in total. The monoisotopic (exact) mass is 367 g/mol. The normalized spacial score (nSPS) is 15.1. The quantitative estimate of drug-likeness (QED) is 0.837. The number of amides is 1. The summed E-state index contributed by atoms with van der Waals surface area (Å²) in [4.78, 5) is 24.7. The van der Waals surface area contributed by atoms with E-state index in [4.69, 9.17) is 18.9 Å². The van der Waals surface area contributed by atoms with Crippen molar-refractivity contribution < 1.29 is 28.5 Å². The van der Waals surface area contributed by atoms with Crippen molar-refractivity contribution in [1.29, 1.82) is 0 Å². The minimum Gasteiger partial charge on any atom is -0.488 e. The Kier molecular flexibility index (Phi) is 4.42. The van der Waals surface area contributed by atoms with Gasteiger partial charge in [0.05, 0.1) is 5.57 Å². The molecule has 138 valence electrons. The van der Waals surface area contributed by atoms with E-state index in [2.05, 4.69) is 5.32 Å². The van der Waals surface area contributed by atoms with E-state index in [1.165, 1.54) is 6.92 Å². The molecule has 0 aromatic heterocycles. The first-order chi connectivity index (χ1) is 13.1. The van der Waals surface area contributed by atoms with Crippen molar-refractivity contribution in [2.75, 3.05) is 18.7 Å². The summed E-state index contributed by atoms with van der Waals surface area (Å²) < 4.78 is 21.3. The molecule has 1 atom stereocenters. The van der Waals surface area contributed by atoms with Gasteiger partial charge in [0.1, 0.15) is 12.4 Å². The van der Waals surface area contributed by atoms with Gasteiger partial charge in [-0.3, -0.25) is 4.79 Å². The van der Waals surface area contributed by atoms with Gasteiger partial charge in [-0.15, -0.1) is 0 Å². The van der Waals surface area contributed by atoms with E-state index in [9.17, 15) is 9.59 Å². The summed E-state index contributed by atoms with van der Waals surface area (Å²) in [5.74, 6) is 0.859. The molecule has 0 fully saturated rings. The van der Waals surface area contributed by atoms with Gasteiger partial charge >= 0.3 is 5.97 Å². The number of hydrogen-bond acceptors (Lipinski definition) is 6. The zero-order valence-corrected chi connectivity index (χ0v) is 14.6. The maximum absolute atomic E-state index is 12.3. The zero-order valence-electron chi connectivity index (χ0n) is 14.6. The molecular weight excluding hydrogens is 350 g/mol. The summed E-state index contributed by atoms with van der Waals surface area (Å²) in [5, 5.41) is 2.69. The summed E-state index contributed by atoms with van der Waals surface area (Å²) >= 11 is 0. The van der Waals surface area contributed by atoms with Gasteiger partial charge in [-0.2, -0.15) is 0 Å². The maximum Gasteiger partial charge on any atom is 0.338 e. The number of carbonyl (C=O) groups is 2. The number of para-hydroxylation sites is 1. The van der Waals surface area contributed by atoms with E-state index in [1.54, 1.807) is 24.3 Å². The van der Waals surface area contributed by atoms with Crippen LogP contribution in [0.5, 0.6) is 17.2 Å². The SMILES string of the molecule is C[C@H](OC(=O)C1=Cc2ccccc2OC1)C(=O)Nc1ccc2c(c1)OCO2. The fourth-order valence-electron chi connectivity index (χ4n) is 2.74. The topological polar surface area (TPSA) is 83.1 Å². The van der Waals surface area contributed by atoms with Crippen LogP contribution in [0.15, 0.2) is 48.0 Å². The number of carbonyl (C=O) groups excluding carboxylic acids is 2. The molecule has 0 aliphatic carbocycles. The summed E-state index contributed by atoms with van der Waals surface area (Å²) in [6, 6.07) is 12.4. The Hall–Kier alpha value is -3.48. The third-order valence-corrected chi connectivity index (χ3v) is 4.19. The highest BCUT2D eigenvalue weighted by molar-refractivity contribution is 5.99. The van der Waals surface area contributed by atoms with E-state index in [-0.39, 0.29) is 13.4 Å². The van der Waals surface area contributed by atoms with Crippen molar-refractivity contribution in [1.82, 2.24) is 0 Å². The van der Waals surface area contributed by atoms with Gasteiger partial charge < -0.3 is 24.3 Å². The second kappa shape index (κ2) is 7.03. The number of esters is 1. The van der Waals surface area contributed by atoms with Crippen LogP contribution in [0.25, 0.3) is 6.08 Å². The third-order valence-electron chi connectivity index (χ3n) is 4.19. The largest absolute Gasteiger partial charge is 0.488 e. The van der Waals surface area contributed by atoms with Crippen LogP contribution in [0.4, 0.5) is 5.69 Å². The van der Waals surface area contributed by atoms with Crippen LogP contribution < -0.4 is 19.5 Å². The Morgan fingerprint density at radius 3 is 2.74 bits per heavy atom. The van der Waals surface area contributed by atoms with Gasteiger partial charge in [0.25, 0.3) is 5.91 Å². The van der Waals surface area contributed by atoms with Gasteiger partial charge in [-0.05, 0) is 31.2 Å². The van der Waals surface area contributed by atoms with Crippen molar-refractivity contribution in [3.8, 4) is 17.2 Å². The summed E-state index contributed by atoms with van der Waals surface area (Å²) in [6.07, 6.45) is 0.741. The lowest BCUT2D eigenvalue weighted by Crippen LogP contribution is -2.31. The number of ether oxygens (including phenoxy) is 4. The number of benzene rings is 2. The lowest BCUT2D eigenvalue weighted by atomic mass is 10.1. The number of rotatable bonds is 4. The Balaban J connectivity index is 1.38. The van der Waals surface area contributed by atoms with Crippen molar-refractivity contribution in [2.24, 2.45) is 0 Å². The molecule has 2 aromatic rings. The third kappa shape index (κ3) is 3.57. The Labute approximate surface area is 155 Å². The van der Waals surface area contributed by atoms with Gasteiger partial charge in [0, 0.05) is 17.3 Å². The lowest BCUT2D eigenvalue weighted by molar-refractivity contribution is -0.149. The molecule has 4 rings (SSSR count). The highest BCUT2D eigenvalue weighted by Crippen LogP contribution is 2.34. The average molecular weight is 367 g/mol. The molecule has 0 unspecified atom stereocenters. The summed E-state index contributed by atoms with van der Waals surface area (Å²) in [7, 11) is 0. The predicted octanol–water partition coefficient (Wildman–Crippen LogP) is 2.76. The van der Waals surface area contributed by atoms with Gasteiger partial charge in [0.15, 0.2) is 17.6 Å². The first-order valence-corrected chi connectivity index (χ1v) is 8.44. The first-order valence-electron chi connectivity index (χ1n) is 8.44. The van der Waals surface area contributed by atoms with Crippen LogP contribution in [0.3, 0.4) is 0 Å². The van der Waals surface area contributed by atoms with Crippen LogP contribution in [0.2, 0.25) is 0 Å².